The van der Waals surface area contributed by atoms with E-state index in [0.717, 1.165) is 35.7 Å². The Morgan fingerprint density at radius 2 is 0.571 bits per heavy atom. The predicted octanol–water partition coefficient (Wildman–Crippen LogP) is 16.3. The number of hydrogen-bond acceptors (Lipinski definition) is 15. The molecule has 84 heavy (non-hydrogen) atoms. The fraction of sp³-hybridized carbons (Fsp3) is 0.491. The molecule has 0 saturated carbocycles. The molecule has 0 bridgehead atoms. The van der Waals surface area contributed by atoms with Crippen LogP contribution in [0.1, 0.15) is 153 Å². The largest absolute Gasteiger partial charge is 0.573 e. The minimum atomic E-state index is -4.69. The van der Waals surface area contributed by atoms with Crippen molar-refractivity contribution in [1.29, 1.82) is 0 Å². The molecule has 6 rings (SSSR count). The zero-order valence-electron chi connectivity index (χ0n) is 47.2. The van der Waals surface area contributed by atoms with Gasteiger partial charge in [-0.15, -0.1) is 26.3 Å². The SMILES string of the molecule is CC(C)c1ccc(OC(F)(F)F)cn1.CC(C)c1ccc(OC(F)F)cn1.CC(C)c1ccc(OCC(F)(F)F)cn1.CC(C)c1ncc(OC(F)(F)F)cn1.CC(C)c1ncc(OC(F)F)cn1.CC(C)c1ncc(OCC(F)(F)F)cn1. The standard InChI is InChI=1S/C10H12F3NO.C9H11F3N2O.C9H10F3NO.C9H11F2NO.C8H9F3N2O.C8H10F2N2O/c1-7(2)9-4-3-8(5-14-9)15-6-10(11,12)13;1-6(2)8-13-3-7(4-14-8)15-5-9(10,11)12;1-6(2)8-4-3-7(5-13-8)14-9(10,11)12;1-6(2)8-4-3-7(5-12-8)13-9(10)11;1-5(2)7-12-3-6(4-13-7)14-8(9,10)11;1-5(2)7-11-3-6(4-12-7)13-8(9)10/h3-5,7H,6H2,1-2H3;3-4,6H,5H2,1-2H3;3-6H,1-2H3;3-6,9H,1-2H3;3-5H,1-2H3;3-5,8H,1-2H3. The molecule has 0 unspecified atom stereocenters. The smallest absolute Gasteiger partial charge is 0.483 e. The summed E-state index contributed by atoms with van der Waals surface area (Å²) < 4.78 is 213. The van der Waals surface area contributed by atoms with E-state index in [0.29, 0.717) is 23.4 Å². The lowest BCUT2D eigenvalue weighted by Crippen LogP contribution is -2.19. The van der Waals surface area contributed by atoms with E-state index in [1.165, 1.54) is 61.4 Å². The van der Waals surface area contributed by atoms with E-state index < -0.39 is 57.3 Å². The zero-order chi connectivity index (χ0) is 64.2. The molecule has 0 aliphatic carbocycles. The molecule has 0 N–H and O–H groups in total. The number of alkyl halides is 16. The van der Waals surface area contributed by atoms with Crippen molar-refractivity contribution in [3.05, 3.63) is 127 Å². The van der Waals surface area contributed by atoms with Crippen molar-refractivity contribution >= 4 is 0 Å². The first-order chi connectivity index (χ1) is 38.7. The molecular formula is C53H63F16N9O6. The van der Waals surface area contributed by atoms with Crippen molar-refractivity contribution in [3.63, 3.8) is 0 Å². The summed E-state index contributed by atoms with van der Waals surface area (Å²) in [5.41, 5.74) is 2.43. The van der Waals surface area contributed by atoms with E-state index in [1.807, 2.05) is 83.1 Å². The summed E-state index contributed by atoms with van der Waals surface area (Å²) >= 11 is 0. The van der Waals surface area contributed by atoms with Crippen molar-refractivity contribution in [2.24, 2.45) is 0 Å². The van der Waals surface area contributed by atoms with Gasteiger partial charge in [-0.05, 0) is 54.2 Å². The van der Waals surface area contributed by atoms with Gasteiger partial charge in [0.05, 0.1) is 55.8 Å². The summed E-state index contributed by atoms with van der Waals surface area (Å²) in [6.45, 7) is 14.8. The normalized spacial score (nSPS) is 11.6. The monoisotopic (exact) mass is 1230 g/mol. The summed E-state index contributed by atoms with van der Waals surface area (Å²) in [6.07, 6.45) is -7.31. The molecule has 0 saturated heterocycles. The third kappa shape index (κ3) is 35.4. The number of ether oxygens (including phenoxy) is 6. The quantitative estimate of drug-likeness (QED) is 0.0838. The van der Waals surface area contributed by atoms with Gasteiger partial charge in [0, 0.05) is 34.8 Å². The molecule has 0 spiro atoms. The summed E-state index contributed by atoms with van der Waals surface area (Å²) in [5, 5.41) is 0. The van der Waals surface area contributed by atoms with Gasteiger partial charge < -0.3 is 28.4 Å². The zero-order valence-corrected chi connectivity index (χ0v) is 47.2. The van der Waals surface area contributed by atoms with E-state index in [2.05, 4.69) is 73.3 Å². The van der Waals surface area contributed by atoms with Crippen molar-refractivity contribution in [3.8, 4) is 34.5 Å². The number of pyridine rings is 3. The molecule has 6 heterocycles. The summed E-state index contributed by atoms with van der Waals surface area (Å²) in [6, 6.07) is 9.11. The van der Waals surface area contributed by atoms with Crippen LogP contribution in [0.4, 0.5) is 70.2 Å². The molecule has 0 amide bonds. The van der Waals surface area contributed by atoms with Crippen LogP contribution in [0, 0.1) is 0 Å². The molecule has 0 aliphatic heterocycles. The Morgan fingerprint density at radius 3 is 0.845 bits per heavy atom. The first-order valence-corrected chi connectivity index (χ1v) is 24.9. The first-order valence-electron chi connectivity index (χ1n) is 24.9. The van der Waals surface area contributed by atoms with Crippen LogP contribution >= 0.6 is 0 Å². The van der Waals surface area contributed by atoms with Crippen LogP contribution in [0.2, 0.25) is 0 Å². The van der Waals surface area contributed by atoms with Gasteiger partial charge in [0.2, 0.25) is 0 Å². The van der Waals surface area contributed by atoms with E-state index >= 15 is 0 Å². The van der Waals surface area contributed by atoms with Crippen molar-refractivity contribution in [1.82, 2.24) is 44.9 Å². The fourth-order valence-electron chi connectivity index (χ4n) is 5.28. The lowest BCUT2D eigenvalue weighted by atomic mass is 10.1. The van der Waals surface area contributed by atoms with Crippen LogP contribution in [0.15, 0.2) is 92.2 Å². The summed E-state index contributed by atoms with van der Waals surface area (Å²) in [5.74, 6) is 2.36. The molecule has 31 heteroatoms. The maximum Gasteiger partial charge on any atom is 0.573 e. The van der Waals surface area contributed by atoms with Crippen molar-refractivity contribution < 1.29 is 98.7 Å². The van der Waals surface area contributed by atoms with E-state index in [4.69, 9.17) is 0 Å². The van der Waals surface area contributed by atoms with Gasteiger partial charge in [0.1, 0.15) is 34.7 Å². The predicted molar refractivity (Wildman–Crippen MR) is 273 cm³/mol. The Morgan fingerprint density at radius 1 is 0.310 bits per heavy atom. The molecule has 6 aromatic rings. The second-order valence-electron chi connectivity index (χ2n) is 18.7. The van der Waals surface area contributed by atoms with E-state index in [-0.39, 0.29) is 58.3 Å². The van der Waals surface area contributed by atoms with Crippen molar-refractivity contribution in [2.75, 3.05) is 13.2 Å². The Balaban J connectivity index is 0.000000504. The Kier molecular flexibility index (Phi) is 31.4. The second-order valence-corrected chi connectivity index (χ2v) is 18.7. The molecule has 468 valence electrons. The minimum Gasteiger partial charge on any atom is -0.483 e. The summed E-state index contributed by atoms with van der Waals surface area (Å²) in [7, 11) is 0. The maximum absolute atomic E-state index is 11.8. The maximum atomic E-state index is 11.8. The first kappa shape index (κ1) is 74.4. The molecule has 0 radical (unpaired) electrons. The van der Waals surface area contributed by atoms with Crippen molar-refractivity contribution in [2.45, 2.75) is 157 Å². The number of halogens is 16. The highest BCUT2D eigenvalue weighted by Gasteiger charge is 2.33. The Bertz CT molecular complexity index is 2500. The van der Waals surface area contributed by atoms with E-state index in [9.17, 15) is 70.2 Å². The third-order valence-electron chi connectivity index (χ3n) is 9.27. The van der Waals surface area contributed by atoms with Gasteiger partial charge in [0.25, 0.3) is 0 Å². The van der Waals surface area contributed by atoms with E-state index in [1.54, 1.807) is 12.1 Å². The van der Waals surface area contributed by atoms with Gasteiger partial charge in [0.15, 0.2) is 30.5 Å². The van der Waals surface area contributed by atoms with Gasteiger partial charge in [-0.2, -0.15) is 43.9 Å². The highest BCUT2D eigenvalue weighted by Crippen LogP contribution is 2.26. The van der Waals surface area contributed by atoms with Crippen LogP contribution in [-0.2, 0) is 0 Å². The third-order valence-corrected chi connectivity index (χ3v) is 9.27. The van der Waals surface area contributed by atoms with Gasteiger partial charge >= 0.3 is 38.3 Å². The Hall–Kier alpha value is -7.63. The van der Waals surface area contributed by atoms with Gasteiger partial charge in [-0.25, -0.2) is 29.9 Å². The minimum absolute atomic E-state index is 0.0144. The van der Waals surface area contributed by atoms with Crippen LogP contribution in [0.25, 0.3) is 0 Å². The number of aromatic nitrogens is 9. The molecule has 15 nitrogen and oxygen atoms in total. The number of hydrogen-bond donors (Lipinski definition) is 0. The molecule has 6 aromatic heterocycles. The average molecular weight is 1230 g/mol. The highest BCUT2D eigenvalue weighted by atomic mass is 19.4. The van der Waals surface area contributed by atoms with Crippen LogP contribution < -0.4 is 28.4 Å². The number of nitrogens with zero attached hydrogens (tertiary/aromatic N) is 9. The molecule has 0 fully saturated rings. The second kappa shape index (κ2) is 35.5. The lowest BCUT2D eigenvalue weighted by molar-refractivity contribution is -0.275. The Labute approximate surface area is 474 Å². The van der Waals surface area contributed by atoms with Crippen LogP contribution in [-0.4, -0.2) is 96.4 Å². The topological polar surface area (TPSA) is 171 Å². The van der Waals surface area contributed by atoms with Gasteiger partial charge in [-0.1, -0.05) is 83.1 Å². The highest BCUT2D eigenvalue weighted by molar-refractivity contribution is 5.23. The van der Waals surface area contributed by atoms with Crippen LogP contribution in [0.5, 0.6) is 34.5 Å². The molecule has 0 aromatic carbocycles. The molecular weight excluding hydrogens is 1160 g/mol. The molecule has 0 atom stereocenters. The number of rotatable bonds is 16. The van der Waals surface area contributed by atoms with Crippen LogP contribution in [0.3, 0.4) is 0 Å². The molecule has 0 aliphatic rings. The summed E-state index contributed by atoms with van der Waals surface area (Å²) in [4.78, 5) is 34.7. The lowest BCUT2D eigenvalue weighted by Gasteiger charge is -2.09. The fourth-order valence-corrected chi connectivity index (χ4v) is 5.28. The van der Waals surface area contributed by atoms with Gasteiger partial charge in [-0.3, -0.25) is 15.0 Å². The average Bonchev–Trinajstić information content (AvgIpc) is 3.43.